The third-order valence-electron chi connectivity index (χ3n) is 6.56. The number of methoxy groups -OCH3 is 1. The maximum absolute atomic E-state index is 13.7. The van der Waals surface area contributed by atoms with Crippen LogP contribution in [0.5, 0.6) is 23.0 Å². The molecular weight excluding hydrogens is 544 g/mol. The first-order valence-electron chi connectivity index (χ1n) is 13.3. The average Bonchev–Trinajstić information content (AvgIpc) is 3.51. The van der Waals surface area contributed by atoms with E-state index in [1.165, 1.54) is 16.2 Å². The number of anilines is 1. The first kappa shape index (κ1) is 28.0. The zero-order valence-electron chi connectivity index (χ0n) is 23.2. The minimum atomic E-state index is -0.973. The van der Waals surface area contributed by atoms with Crippen molar-refractivity contribution in [1.82, 2.24) is 4.98 Å². The molecule has 0 bridgehead atoms. The lowest BCUT2D eigenvalue weighted by Crippen LogP contribution is -2.29. The van der Waals surface area contributed by atoms with Gasteiger partial charge in [0.1, 0.15) is 17.3 Å². The van der Waals surface area contributed by atoms with E-state index in [2.05, 4.69) is 4.98 Å². The van der Waals surface area contributed by atoms with E-state index in [1.54, 1.807) is 61.7 Å². The summed E-state index contributed by atoms with van der Waals surface area (Å²) in [6.07, 6.45) is 0. The topological polar surface area (TPSA) is 107 Å². The van der Waals surface area contributed by atoms with Crippen LogP contribution in [0, 0.1) is 0 Å². The molecule has 1 fully saturated rings. The number of aliphatic hydroxyl groups is 1. The Morgan fingerprint density at radius 3 is 2.24 bits per heavy atom. The van der Waals surface area contributed by atoms with Gasteiger partial charge in [-0.2, -0.15) is 0 Å². The fourth-order valence-electron chi connectivity index (χ4n) is 4.74. The molecule has 1 aromatic heterocycles. The molecule has 0 radical (unpaired) electrons. The first-order chi connectivity index (χ1) is 19.9. The van der Waals surface area contributed by atoms with E-state index < -0.39 is 17.7 Å². The number of carbonyl (C=O) groups is 2. The Kier molecular flexibility index (Phi) is 8.11. The number of Topliss-reactive ketones (excluding diaryl/α,β-unsaturated/α-hetero) is 1. The quantitative estimate of drug-likeness (QED) is 0.137. The Labute approximate surface area is 241 Å². The van der Waals surface area contributed by atoms with Crippen molar-refractivity contribution in [2.45, 2.75) is 26.8 Å². The summed E-state index contributed by atoms with van der Waals surface area (Å²) in [5.74, 6) is 0.369. The van der Waals surface area contributed by atoms with Gasteiger partial charge in [-0.15, -0.1) is 0 Å². The van der Waals surface area contributed by atoms with Crippen LogP contribution in [0.15, 0.2) is 66.2 Å². The van der Waals surface area contributed by atoms with Crippen LogP contribution in [0.25, 0.3) is 16.0 Å². The number of fused-ring (bicyclic) bond motifs is 1. The maximum atomic E-state index is 13.7. The predicted octanol–water partition coefficient (Wildman–Crippen LogP) is 6.13. The number of thiazole rings is 1. The molecule has 1 aliphatic rings. The largest absolute Gasteiger partial charge is 0.507 e. The summed E-state index contributed by atoms with van der Waals surface area (Å²) >= 11 is 1.26. The Hall–Kier alpha value is -4.57. The second-order valence-corrected chi connectivity index (χ2v) is 10.0. The highest BCUT2D eigenvalue weighted by molar-refractivity contribution is 7.22. The van der Waals surface area contributed by atoms with Gasteiger partial charge in [-0.25, -0.2) is 4.98 Å². The molecule has 1 unspecified atom stereocenters. The third kappa shape index (κ3) is 5.30. The van der Waals surface area contributed by atoms with Gasteiger partial charge in [0.15, 0.2) is 16.6 Å². The van der Waals surface area contributed by atoms with Crippen LogP contribution in [0.2, 0.25) is 0 Å². The Morgan fingerprint density at radius 1 is 0.878 bits per heavy atom. The zero-order chi connectivity index (χ0) is 29.1. The van der Waals surface area contributed by atoms with Crippen LogP contribution >= 0.6 is 11.3 Å². The summed E-state index contributed by atoms with van der Waals surface area (Å²) in [6, 6.07) is 16.4. The number of ketones is 1. The van der Waals surface area contributed by atoms with Crippen LogP contribution < -0.4 is 23.8 Å². The van der Waals surface area contributed by atoms with Crippen molar-refractivity contribution in [2.24, 2.45) is 0 Å². The SMILES string of the molecule is CCOc1ccc(/C(O)=C2\C(=O)C(=O)N(c3nc4ccc(OC)cc4s3)C2c2ccc(OCC)c(OCC)c2)cc1. The lowest BCUT2D eigenvalue weighted by atomic mass is 9.95. The van der Waals surface area contributed by atoms with Gasteiger partial charge in [-0.3, -0.25) is 14.5 Å². The Balaban J connectivity index is 1.70. The monoisotopic (exact) mass is 574 g/mol. The number of nitrogens with zero attached hydrogens (tertiary/aromatic N) is 2. The molecule has 1 atom stereocenters. The van der Waals surface area contributed by atoms with Crippen LogP contribution in [0.3, 0.4) is 0 Å². The predicted molar refractivity (Wildman–Crippen MR) is 157 cm³/mol. The summed E-state index contributed by atoms with van der Waals surface area (Å²) in [5, 5.41) is 11.8. The summed E-state index contributed by atoms with van der Waals surface area (Å²) in [4.78, 5) is 33.3. The molecule has 1 aliphatic heterocycles. The highest BCUT2D eigenvalue weighted by Gasteiger charge is 2.48. The fourth-order valence-corrected chi connectivity index (χ4v) is 5.76. The molecule has 5 rings (SSSR count). The van der Waals surface area contributed by atoms with Crippen molar-refractivity contribution < 1.29 is 33.6 Å². The van der Waals surface area contributed by atoms with Gasteiger partial charge in [0, 0.05) is 5.56 Å². The molecule has 0 aliphatic carbocycles. The van der Waals surface area contributed by atoms with E-state index in [0.29, 0.717) is 64.6 Å². The van der Waals surface area contributed by atoms with E-state index in [9.17, 15) is 14.7 Å². The van der Waals surface area contributed by atoms with E-state index >= 15 is 0 Å². The van der Waals surface area contributed by atoms with E-state index in [-0.39, 0.29) is 11.3 Å². The molecule has 4 aromatic rings. The van der Waals surface area contributed by atoms with Crippen LogP contribution in [0.4, 0.5) is 5.13 Å². The number of hydrogen-bond donors (Lipinski definition) is 1. The van der Waals surface area contributed by atoms with Gasteiger partial charge in [0.2, 0.25) is 0 Å². The standard InChI is InChI=1S/C31H30N2O7S/c1-5-38-20-11-8-18(9-12-20)28(34)26-27(19-10-15-23(39-6-2)24(16-19)40-7-3)33(30(36)29(26)35)31-32-22-14-13-21(37-4)17-25(22)41-31/h8-17,27,34H,5-7H2,1-4H3/b28-26+. The number of carbonyl (C=O) groups excluding carboxylic acids is 2. The Bertz CT molecular complexity index is 1630. The van der Waals surface area contributed by atoms with Gasteiger partial charge in [0.05, 0.1) is 48.8 Å². The molecule has 1 N–H and O–H groups in total. The molecule has 41 heavy (non-hydrogen) atoms. The van der Waals surface area contributed by atoms with Crippen molar-refractivity contribution in [3.63, 3.8) is 0 Å². The molecular formula is C31H30N2O7S. The number of hydrogen-bond acceptors (Lipinski definition) is 9. The van der Waals surface area contributed by atoms with Crippen LogP contribution in [-0.2, 0) is 9.59 Å². The number of benzene rings is 3. The minimum absolute atomic E-state index is 0.0531. The number of amides is 1. The molecule has 1 saturated heterocycles. The van der Waals surface area contributed by atoms with Gasteiger partial charge in [-0.1, -0.05) is 17.4 Å². The van der Waals surface area contributed by atoms with Crippen molar-refractivity contribution in [1.29, 1.82) is 0 Å². The highest BCUT2D eigenvalue weighted by Crippen LogP contribution is 2.46. The Morgan fingerprint density at radius 2 is 1.56 bits per heavy atom. The number of ether oxygens (including phenoxy) is 4. The first-order valence-corrected chi connectivity index (χ1v) is 14.1. The number of aromatic nitrogens is 1. The molecule has 0 spiro atoms. The molecule has 0 saturated carbocycles. The average molecular weight is 575 g/mol. The zero-order valence-corrected chi connectivity index (χ0v) is 24.0. The van der Waals surface area contributed by atoms with Crippen molar-refractivity contribution in [3.8, 4) is 23.0 Å². The van der Waals surface area contributed by atoms with E-state index in [4.69, 9.17) is 18.9 Å². The summed E-state index contributed by atoms with van der Waals surface area (Å²) < 4.78 is 23.2. The molecule has 1 amide bonds. The van der Waals surface area contributed by atoms with Crippen molar-refractivity contribution in [2.75, 3.05) is 31.8 Å². The highest BCUT2D eigenvalue weighted by atomic mass is 32.1. The third-order valence-corrected chi connectivity index (χ3v) is 7.57. The van der Waals surface area contributed by atoms with Crippen molar-refractivity contribution >= 4 is 44.1 Å². The van der Waals surface area contributed by atoms with Crippen LogP contribution in [0.1, 0.15) is 37.9 Å². The molecule has 10 heteroatoms. The summed E-state index contributed by atoms with van der Waals surface area (Å²) in [6.45, 7) is 6.92. The van der Waals surface area contributed by atoms with E-state index in [0.717, 1.165) is 4.70 Å². The molecule has 2 heterocycles. The second kappa shape index (κ2) is 11.9. The second-order valence-electron chi connectivity index (χ2n) is 9.03. The summed E-state index contributed by atoms with van der Waals surface area (Å²) in [5.41, 5.74) is 1.53. The molecule has 212 valence electrons. The number of rotatable bonds is 10. The van der Waals surface area contributed by atoms with Gasteiger partial charge < -0.3 is 24.1 Å². The smallest absolute Gasteiger partial charge is 0.301 e. The molecule has 3 aromatic carbocycles. The van der Waals surface area contributed by atoms with E-state index in [1.807, 2.05) is 26.8 Å². The summed E-state index contributed by atoms with van der Waals surface area (Å²) in [7, 11) is 1.57. The maximum Gasteiger partial charge on any atom is 0.301 e. The number of aliphatic hydroxyl groups excluding tert-OH is 1. The van der Waals surface area contributed by atoms with Crippen LogP contribution in [-0.4, -0.2) is 48.7 Å². The van der Waals surface area contributed by atoms with Gasteiger partial charge in [-0.05, 0) is 80.9 Å². The van der Waals surface area contributed by atoms with Crippen molar-refractivity contribution in [3.05, 3.63) is 77.4 Å². The lowest BCUT2D eigenvalue weighted by Gasteiger charge is -2.24. The molecule has 9 nitrogen and oxygen atoms in total. The van der Waals surface area contributed by atoms with Gasteiger partial charge in [0.25, 0.3) is 5.78 Å². The minimum Gasteiger partial charge on any atom is -0.507 e. The normalized spacial score (nSPS) is 16.3. The lowest BCUT2D eigenvalue weighted by molar-refractivity contribution is -0.132. The van der Waals surface area contributed by atoms with Gasteiger partial charge >= 0.3 is 5.91 Å². The fraction of sp³-hybridized carbons (Fsp3) is 0.258.